The van der Waals surface area contributed by atoms with Crippen molar-refractivity contribution in [2.45, 2.75) is 25.2 Å². The molecule has 1 fully saturated rings. The lowest BCUT2D eigenvalue weighted by Gasteiger charge is -2.12. The molecule has 1 aliphatic rings. The van der Waals surface area contributed by atoms with Gasteiger partial charge in [-0.3, -0.25) is 4.79 Å². The van der Waals surface area contributed by atoms with Gasteiger partial charge in [0.2, 0.25) is 0 Å². The van der Waals surface area contributed by atoms with Gasteiger partial charge < -0.3 is 15.8 Å². The highest BCUT2D eigenvalue weighted by atomic mass is 35.5. The minimum absolute atomic E-state index is 0.0671. The van der Waals surface area contributed by atoms with Gasteiger partial charge in [0.25, 0.3) is 11.9 Å². The maximum atomic E-state index is 12.9. The summed E-state index contributed by atoms with van der Waals surface area (Å²) in [6, 6.07) is 13.1. The van der Waals surface area contributed by atoms with E-state index in [1.54, 1.807) is 12.1 Å². The smallest absolute Gasteiger partial charge is 0.273 e. The first-order valence-electron chi connectivity index (χ1n) is 10.1. The fraction of sp³-hybridized carbons (Fsp3) is 0.217. The maximum absolute atomic E-state index is 12.9. The zero-order chi connectivity index (χ0) is 22.5. The number of carbonyl (C=O) groups excluding carboxylic acids is 1. The van der Waals surface area contributed by atoms with Gasteiger partial charge >= 0.3 is 0 Å². The van der Waals surface area contributed by atoms with Crippen molar-refractivity contribution in [2.75, 3.05) is 6.54 Å². The molecule has 9 heteroatoms. The highest BCUT2D eigenvalue weighted by Gasteiger charge is 2.24. The van der Waals surface area contributed by atoms with E-state index in [0.717, 1.165) is 11.9 Å². The number of halogens is 2. The van der Waals surface area contributed by atoms with Crippen molar-refractivity contribution in [1.82, 2.24) is 15.3 Å². The summed E-state index contributed by atoms with van der Waals surface area (Å²) in [7, 11) is 0. The van der Waals surface area contributed by atoms with Gasteiger partial charge in [-0.1, -0.05) is 41.4 Å². The molecule has 32 heavy (non-hydrogen) atoms. The Labute approximate surface area is 195 Å². The summed E-state index contributed by atoms with van der Waals surface area (Å²) in [6.07, 6.45) is 5.39. The molecule has 1 saturated carbocycles. The number of ether oxygens (including phenoxy) is 1. The van der Waals surface area contributed by atoms with E-state index in [-0.39, 0.29) is 17.4 Å². The summed E-state index contributed by atoms with van der Waals surface area (Å²) in [5, 5.41) is 3.95. The number of aliphatic imine (C=N–C) groups is 1. The molecular weight excluding hydrogens is 449 g/mol. The highest BCUT2D eigenvalue weighted by Crippen LogP contribution is 2.41. The molecular formula is C23H21Cl2N5O2. The predicted molar refractivity (Wildman–Crippen MR) is 125 cm³/mol. The molecule has 3 aromatic rings. The van der Waals surface area contributed by atoms with Crippen LogP contribution in [0, 0.1) is 0 Å². The number of nitrogens with zero attached hydrogens (tertiary/aromatic N) is 3. The van der Waals surface area contributed by atoms with Crippen molar-refractivity contribution in [2.24, 2.45) is 10.7 Å². The molecule has 1 aromatic heterocycles. The predicted octanol–water partition coefficient (Wildman–Crippen LogP) is 5.04. The average molecular weight is 470 g/mol. The Hall–Kier alpha value is -3.16. The zero-order valence-corrected chi connectivity index (χ0v) is 18.6. The molecule has 0 saturated heterocycles. The molecule has 1 aliphatic carbocycles. The molecule has 4 rings (SSSR count). The van der Waals surface area contributed by atoms with Crippen LogP contribution in [-0.2, 0) is 6.42 Å². The van der Waals surface area contributed by atoms with E-state index < -0.39 is 5.91 Å². The van der Waals surface area contributed by atoms with Crippen LogP contribution in [0.1, 0.15) is 40.4 Å². The van der Waals surface area contributed by atoms with Gasteiger partial charge in [0.05, 0.1) is 12.5 Å². The van der Waals surface area contributed by atoms with E-state index in [0.29, 0.717) is 34.7 Å². The van der Waals surface area contributed by atoms with Gasteiger partial charge in [-0.05, 0) is 60.6 Å². The van der Waals surface area contributed by atoms with Gasteiger partial charge in [0, 0.05) is 16.6 Å². The van der Waals surface area contributed by atoms with Crippen LogP contribution in [0.25, 0.3) is 0 Å². The summed E-state index contributed by atoms with van der Waals surface area (Å²) in [5.74, 6) is 1.08. The van der Waals surface area contributed by atoms with Gasteiger partial charge in [-0.15, -0.1) is 0 Å². The largest absolute Gasteiger partial charge is 0.453 e. The molecule has 0 spiro atoms. The summed E-state index contributed by atoms with van der Waals surface area (Å²) in [6.45, 7) is 0.344. The van der Waals surface area contributed by atoms with Gasteiger partial charge in [0.15, 0.2) is 11.4 Å². The minimum Gasteiger partial charge on any atom is -0.453 e. The normalized spacial score (nSPS) is 13.3. The topological polar surface area (TPSA) is 102 Å². The summed E-state index contributed by atoms with van der Waals surface area (Å²) in [4.78, 5) is 25.1. The molecule has 0 unspecified atom stereocenters. The Morgan fingerprint density at radius 2 is 2.09 bits per heavy atom. The van der Waals surface area contributed by atoms with Gasteiger partial charge in [0.1, 0.15) is 5.75 Å². The van der Waals surface area contributed by atoms with E-state index in [1.807, 2.05) is 24.3 Å². The second kappa shape index (κ2) is 9.97. The first-order valence-corrected chi connectivity index (χ1v) is 10.9. The third-order valence-corrected chi connectivity index (χ3v) is 5.56. The molecule has 2 aromatic carbocycles. The molecule has 0 aliphatic heterocycles. The van der Waals surface area contributed by atoms with E-state index in [1.165, 1.54) is 24.6 Å². The lowest BCUT2D eigenvalue weighted by molar-refractivity contribution is 0.0946. The molecule has 1 amide bonds. The third-order valence-electron chi connectivity index (χ3n) is 4.98. The zero-order valence-electron chi connectivity index (χ0n) is 17.1. The quantitative estimate of drug-likeness (QED) is 0.355. The van der Waals surface area contributed by atoms with Gasteiger partial charge in [-0.2, -0.15) is 0 Å². The lowest BCUT2D eigenvalue weighted by atomic mass is 10.1. The van der Waals surface area contributed by atoms with Crippen LogP contribution < -0.4 is 15.8 Å². The summed E-state index contributed by atoms with van der Waals surface area (Å²) < 4.78 is 5.97. The lowest BCUT2D eigenvalue weighted by Crippen LogP contribution is -2.27. The number of nitrogens with two attached hydrogens (primary N) is 1. The fourth-order valence-corrected chi connectivity index (χ4v) is 3.73. The van der Waals surface area contributed by atoms with Crippen molar-refractivity contribution in [3.63, 3.8) is 0 Å². The fourth-order valence-electron chi connectivity index (χ4n) is 3.22. The Morgan fingerprint density at radius 1 is 1.25 bits per heavy atom. The third kappa shape index (κ3) is 5.55. The molecule has 0 radical (unpaired) electrons. The number of rotatable bonds is 8. The first kappa shape index (κ1) is 22.0. The molecule has 0 bridgehead atoms. The molecule has 3 N–H and O–H groups in total. The second-order valence-electron chi connectivity index (χ2n) is 7.35. The van der Waals surface area contributed by atoms with Crippen LogP contribution >= 0.6 is 23.2 Å². The maximum Gasteiger partial charge on any atom is 0.273 e. The average Bonchev–Trinajstić information content (AvgIpc) is 3.62. The van der Waals surface area contributed by atoms with Crippen LogP contribution in [0.4, 0.5) is 5.95 Å². The van der Waals surface area contributed by atoms with Crippen LogP contribution in [0.2, 0.25) is 10.0 Å². The number of nitrogens with one attached hydrogen (secondary N) is 1. The molecule has 7 nitrogen and oxygen atoms in total. The van der Waals surface area contributed by atoms with E-state index in [2.05, 4.69) is 26.3 Å². The Bertz CT molecular complexity index is 1160. The van der Waals surface area contributed by atoms with Crippen LogP contribution in [-0.4, -0.2) is 28.8 Å². The van der Waals surface area contributed by atoms with E-state index >= 15 is 0 Å². The SMILES string of the molecule is NC=Nc1ncc(Oc2cccc(C3CC3)c2)c(C(=O)NCCc2ccc(Cl)cc2Cl)n1. The monoisotopic (exact) mass is 469 g/mol. The van der Waals surface area contributed by atoms with Crippen molar-refractivity contribution in [3.05, 3.63) is 75.5 Å². The number of hydrogen-bond acceptors (Lipinski definition) is 5. The van der Waals surface area contributed by atoms with Crippen molar-refractivity contribution in [1.29, 1.82) is 0 Å². The van der Waals surface area contributed by atoms with Crippen molar-refractivity contribution < 1.29 is 9.53 Å². The first-order chi connectivity index (χ1) is 15.5. The molecule has 0 atom stereocenters. The Morgan fingerprint density at radius 3 is 2.84 bits per heavy atom. The highest BCUT2D eigenvalue weighted by molar-refractivity contribution is 6.35. The van der Waals surface area contributed by atoms with Gasteiger partial charge in [-0.25, -0.2) is 15.0 Å². The Kier molecular flexibility index (Phi) is 6.87. The van der Waals surface area contributed by atoms with Crippen molar-refractivity contribution >= 4 is 41.4 Å². The van der Waals surface area contributed by atoms with E-state index in [4.69, 9.17) is 33.7 Å². The van der Waals surface area contributed by atoms with Crippen LogP contribution in [0.15, 0.2) is 53.7 Å². The number of benzene rings is 2. The Balaban J connectivity index is 1.50. The number of aromatic nitrogens is 2. The van der Waals surface area contributed by atoms with E-state index in [9.17, 15) is 4.79 Å². The summed E-state index contributed by atoms with van der Waals surface area (Å²) in [5.41, 5.74) is 7.51. The number of hydrogen-bond donors (Lipinski definition) is 2. The summed E-state index contributed by atoms with van der Waals surface area (Å²) >= 11 is 12.1. The number of amides is 1. The molecule has 164 valence electrons. The van der Waals surface area contributed by atoms with Crippen LogP contribution in [0.3, 0.4) is 0 Å². The van der Waals surface area contributed by atoms with Crippen molar-refractivity contribution in [3.8, 4) is 11.5 Å². The minimum atomic E-state index is -0.417. The standard InChI is InChI=1S/C23H21Cl2N5O2/c24-17-7-6-15(19(25)11-17)8-9-27-22(31)21-20(12-28-23(30-21)29-13-26)32-18-3-1-2-16(10-18)14-4-5-14/h1-3,6-7,10-14H,4-5,8-9H2,(H,27,31)(H2,26,28,29,30). The number of carbonyl (C=O) groups is 1. The molecule has 1 heterocycles. The second-order valence-corrected chi connectivity index (χ2v) is 8.20. The van der Waals surface area contributed by atoms with Crippen LogP contribution in [0.5, 0.6) is 11.5 Å².